The van der Waals surface area contributed by atoms with Gasteiger partial charge in [0.2, 0.25) is 0 Å². The van der Waals surface area contributed by atoms with Gasteiger partial charge in [-0.25, -0.2) is 8.78 Å². The molecule has 0 fully saturated rings. The molecular weight excluding hydrogens is 232 g/mol. The second-order valence-corrected chi connectivity index (χ2v) is 3.66. The average molecular weight is 240 g/mol. The Kier molecular flexibility index (Phi) is 3.06. The van der Waals surface area contributed by atoms with Gasteiger partial charge >= 0.3 is 0 Å². The number of anilines is 2. The SMILES string of the molecule is Fc1ccc(Nc2ccc(F)cc2Cl)cc1. The highest BCUT2D eigenvalue weighted by atomic mass is 35.5. The van der Waals surface area contributed by atoms with Crippen LogP contribution in [0.5, 0.6) is 0 Å². The lowest BCUT2D eigenvalue weighted by Crippen LogP contribution is -1.91. The van der Waals surface area contributed by atoms with Crippen LogP contribution in [0.2, 0.25) is 5.02 Å². The third-order valence-corrected chi connectivity index (χ3v) is 2.37. The quantitative estimate of drug-likeness (QED) is 0.821. The third kappa shape index (κ3) is 2.49. The van der Waals surface area contributed by atoms with E-state index in [1.165, 1.54) is 30.3 Å². The summed E-state index contributed by atoms with van der Waals surface area (Å²) in [5.41, 5.74) is 1.27. The van der Waals surface area contributed by atoms with Crippen molar-refractivity contribution in [3.05, 3.63) is 59.1 Å². The number of nitrogens with one attached hydrogen (secondary N) is 1. The maximum absolute atomic E-state index is 12.8. The zero-order valence-corrected chi connectivity index (χ0v) is 8.93. The smallest absolute Gasteiger partial charge is 0.124 e. The van der Waals surface area contributed by atoms with Gasteiger partial charge in [0.1, 0.15) is 11.6 Å². The molecule has 1 nitrogen and oxygen atoms in total. The molecule has 0 bridgehead atoms. The fraction of sp³-hybridized carbons (Fsp3) is 0. The van der Waals surface area contributed by atoms with E-state index in [0.717, 1.165) is 0 Å². The number of hydrogen-bond donors (Lipinski definition) is 1. The number of hydrogen-bond acceptors (Lipinski definition) is 1. The zero-order chi connectivity index (χ0) is 11.5. The van der Waals surface area contributed by atoms with Gasteiger partial charge in [0.05, 0.1) is 10.7 Å². The Morgan fingerprint density at radius 2 is 1.50 bits per heavy atom. The first kappa shape index (κ1) is 10.9. The molecule has 16 heavy (non-hydrogen) atoms. The number of halogens is 3. The van der Waals surface area contributed by atoms with E-state index in [1.54, 1.807) is 12.1 Å². The summed E-state index contributed by atoms with van der Waals surface area (Å²) in [5.74, 6) is -0.703. The fourth-order valence-corrected chi connectivity index (χ4v) is 1.49. The Morgan fingerprint density at radius 1 is 0.875 bits per heavy atom. The molecule has 0 aliphatic rings. The summed E-state index contributed by atoms with van der Waals surface area (Å²) < 4.78 is 25.4. The van der Waals surface area contributed by atoms with E-state index in [4.69, 9.17) is 11.6 Å². The topological polar surface area (TPSA) is 12.0 Å². The second kappa shape index (κ2) is 4.49. The second-order valence-electron chi connectivity index (χ2n) is 3.26. The van der Waals surface area contributed by atoms with Gasteiger partial charge in [-0.05, 0) is 42.5 Å². The van der Waals surface area contributed by atoms with Gasteiger partial charge < -0.3 is 5.32 Å². The fourth-order valence-electron chi connectivity index (χ4n) is 1.28. The monoisotopic (exact) mass is 239 g/mol. The molecule has 0 unspecified atom stereocenters. The number of benzene rings is 2. The maximum Gasteiger partial charge on any atom is 0.124 e. The third-order valence-electron chi connectivity index (χ3n) is 2.05. The van der Waals surface area contributed by atoms with Crippen molar-refractivity contribution in [3.63, 3.8) is 0 Å². The molecule has 0 heterocycles. The number of rotatable bonds is 2. The minimum Gasteiger partial charge on any atom is -0.354 e. The Labute approximate surface area is 96.7 Å². The molecule has 0 radical (unpaired) electrons. The Hall–Kier alpha value is -1.61. The zero-order valence-electron chi connectivity index (χ0n) is 8.18. The van der Waals surface area contributed by atoms with Crippen LogP contribution in [-0.4, -0.2) is 0 Å². The van der Waals surface area contributed by atoms with E-state index in [9.17, 15) is 8.78 Å². The maximum atomic E-state index is 12.8. The molecule has 4 heteroatoms. The van der Waals surface area contributed by atoms with Crippen molar-refractivity contribution in [1.82, 2.24) is 0 Å². The summed E-state index contributed by atoms with van der Waals surface area (Å²) in [5, 5.41) is 3.24. The van der Waals surface area contributed by atoms with Crippen LogP contribution < -0.4 is 5.32 Å². The molecule has 82 valence electrons. The molecule has 0 aliphatic carbocycles. The molecule has 1 N–H and O–H groups in total. The molecule has 0 spiro atoms. The molecule has 0 aromatic heterocycles. The van der Waals surface area contributed by atoms with Crippen molar-refractivity contribution >= 4 is 23.0 Å². The van der Waals surface area contributed by atoms with Gasteiger partial charge in [0.15, 0.2) is 0 Å². The predicted molar refractivity (Wildman–Crippen MR) is 61.1 cm³/mol. The first-order valence-corrected chi connectivity index (χ1v) is 5.00. The summed E-state index contributed by atoms with van der Waals surface area (Å²) in [4.78, 5) is 0. The molecule has 0 amide bonds. The van der Waals surface area contributed by atoms with Gasteiger partial charge in [0.25, 0.3) is 0 Å². The van der Waals surface area contributed by atoms with Gasteiger partial charge in [-0.15, -0.1) is 0 Å². The van der Waals surface area contributed by atoms with E-state index >= 15 is 0 Å². The molecule has 2 rings (SSSR count). The van der Waals surface area contributed by atoms with Crippen LogP contribution in [-0.2, 0) is 0 Å². The Bertz CT molecular complexity index is 497. The first-order chi connectivity index (χ1) is 7.65. The highest BCUT2D eigenvalue weighted by molar-refractivity contribution is 6.33. The average Bonchev–Trinajstić information content (AvgIpc) is 2.25. The van der Waals surface area contributed by atoms with Crippen LogP contribution >= 0.6 is 11.6 Å². The largest absolute Gasteiger partial charge is 0.354 e. The molecular formula is C12H8ClF2N. The standard InChI is InChI=1S/C12H8ClF2N/c13-11-7-9(15)3-6-12(11)16-10-4-1-8(14)2-5-10/h1-7,16H. The van der Waals surface area contributed by atoms with Crippen molar-refractivity contribution in [2.24, 2.45) is 0 Å². The van der Waals surface area contributed by atoms with E-state index in [1.807, 2.05) is 0 Å². The van der Waals surface area contributed by atoms with E-state index < -0.39 is 5.82 Å². The minimum absolute atomic E-state index is 0.282. The van der Waals surface area contributed by atoms with Crippen molar-refractivity contribution in [2.45, 2.75) is 0 Å². The summed E-state index contributed by atoms with van der Waals surface area (Å²) in [6.07, 6.45) is 0. The highest BCUT2D eigenvalue weighted by Gasteiger charge is 2.02. The minimum atomic E-state index is -0.394. The van der Waals surface area contributed by atoms with Crippen LogP contribution in [0.15, 0.2) is 42.5 Å². The van der Waals surface area contributed by atoms with Crippen LogP contribution in [0.3, 0.4) is 0 Å². The van der Waals surface area contributed by atoms with Gasteiger partial charge in [-0.1, -0.05) is 11.6 Å². The van der Waals surface area contributed by atoms with Crippen LogP contribution in [0.25, 0.3) is 0 Å². The predicted octanol–water partition coefficient (Wildman–Crippen LogP) is 4.36. The van der Waals surface area contributed by atoms with E-state index in [2.05, 4.69) is 5.32 Å². The molecule has 2 aromatic carbocycles. The lowest BCUT2D eigenvalue weighted by molar-refractivity contribution is 0.628. The lowest BCUT2D eigenvalue weighted by Gasteiger charge is -2.08. The Morgan fingerprint density at radius 3 is 2.12 bits per heavy atom. The molecule has 0 saturated carbocycles. The van der Waals surface area contributed by atoms with Gasteiger partial charge in [0, 0.05) is 5.69 Å². The van der Waals surface area contributed by atoms with Gasteiger partial charge in [-0.3, -0.25) is 0 Å². The van der Waals surface area contributed by atoms with Crippen molar-refractivity contribution in [2.75, 3.05) is 5.32 Å². The van der Waals surface area contributed by atoms with Crippen molar-refractivity contribution in [3.8, 4) is 0 Å². The summed E-state index contributed by atoms with van der Waals surface area (Å²) in [7, 11) is 0. The molecule has 0 saturated heterocycles. The summed E-state index contributed by atoms with van der Waals surface area (Å²) in [6, 6.07) is 9.87. The van der Waals surface area contributed by atoms with Crippen LogP contribution in [0.1, 0.15) is 0 Å². The van der Waals surface area contributed by atoms with Crippen molar-refractivity contribution in [1.29, 1.82) is 0 Å². The first-order valence-electron chi connectivity index (χ1n) is 4.63. The van der Waals surface area contributed by atoms with E-state index in [-0.39, 0.29) is 10.8 Å². The lowest BCUT2D eigenvalue weighted by atomic mass is 10.2. The molecule has 0 aliphatic heterocycles. The highest BCUT2D eigenvalue weighted by Crippen LogP contribution is 2.25. The van der Waals surface area contributed by atoms with Crippen molar-refractivity contribution < 1.29 is 8.78 Å². The molecule has 2 aromatic rings. The normalized spacial score (nSPS) is 10.2. The Balaban J connectivity index is 2.23. The van der Waals surface area contributed by atoms with Crippen LogP contribution in [0, 0.1) is 11.6 Å². The summed E-state index contributed by atoms with van der Waals surface area (Å²) >= 11 is 5.83. The van der Waals surface area contributed by atoms with Crippen LogP contribution in [0.4, 0.5) is 20.2 Å². The van der Waals surface area contributed by atoms with Gasteiger partial charge in [-0.2, -0.15) is 0 Å². The van der Waals surface area contributed by atoms with E-state index in [0.29, 0.717) is 11.4 Å². The molecule has 0 atom stereocenters. The summed E-state index contributed by atoms with van der Waals surface area (Å²) in [6.45, 7) is 0.